The number of Topliss-reactive ketones (excluding diaryl/α,β-unsaturated/α-hetero) is 1. The Bertz CT molecular complexity index is 605. The number of nitrogens with zero attached hydrogens (tertiary/aromatic N) is 1. The molecule has 1 aromatic heterocycles. The number of hydrogen-bond acceptors (Lipinski definition) is 1. The molecule has 0 saturated heterocycles. The number of aromatic nitrogens is 1. The fraction of sp³-hybridized carbons (Fsp3) is 0.353. The SMILES string of the molecule is CC(C)c1ccc(-n2ccc3c2CCCC3=O)cc1. The molecule has 3 rings (SSSR count). The van der Waals surface area contributed by atoms with Gasteiger partial charge in [0, 0.05) is 29.6 Å². The second-order valence-electron chi connectivity index (χ2n) is 5.57. The standard InChI is InChI=1S/C17H19NO/c1-12(2)13-6-8-14(9-7-13)18-11-10-15-16(18)4-3-5-17(15)19/h6-12H,3-5H2,1-2H3. The van der Waals surface area contributed by atoms with Gasteiger partial charge in [0.2, 0.25) is 0 Å². The van der Waals surface area contributed by atoms with E-state index in [-0.39, 0.29) is 0 Å². The molecule has 1 heterocycles. The van der Waals surface area contributed by atoms with Crippen molar-refractivity contribution >= 4 is 5.78 Å². The molecule has 2 heteroatoms. The van der Waals surface area contributed by atoms with Gasteiger partial charge in [-0.2, -0.15) is 0 Å². The molecule has 0 N–H and O–H groups in total. The maximum atomic E-state index is 11.9. The Morgan fingerprint density at radius 2 is 1.79 bits per heavy atom. The lowest BCUT2D eigenvalue weighted by molar-refractivity contribution is 0.0972. The van der Waals surface area contributed by atoms with Crippen molar-refractivity contribution in [2.75, 3.05) is 0 Å². The third-order valence-corrected chi connectivity index (χ3v) is 3.95. The number of ketones is 1. The van der Waals surface area contributed by atoms with E-state index in [1.165, 1.54) is 11.3 Å². The Morgan fingerprint density at radius 1 is 1.05 bits per heavy atom. The average Bonchev–Trinajstić information content (AvgIpc) is 2.84. The summed E-state index contributed by atoms with van der Waals surface area (Å²) in [5.41, 5.74) is 4.59. The molecule has 0 amide bonds. The lowest BCUT2D eigenvalue weighted by atomic mass is 9.96. The van der Waals surface area contributed by atoms with E-state index in [2.05, 4.69) is 42.7 Å². The van der Waals surface area contributed by atoms with Crippen molar-refractivity contribution in [3.63, 3.8) is 0 Å². The molecule has 2 aromatic rings. The second kappa shape index (κ2) is 4.69. The molecule has 0 radical (unpaired) electrons. The highest BCUT2D eigenvalue weighted by atomic mass is 16.1. The molecule has 1 aromatic carbocycles. The summed E-state index contributed by atoms with van der Waals surface area (Å²) in [5, 5.41) is 0. The van der Waals surface area contributed by atoms with E-state index in [1.807, 2.05) is 12.3 Å². The maximum Gasteiger partial charge on any atom is 0.164 e. The van der Waals surface area contributed by atoms with Crippen LogP contribution in [-0.2, 0) is 6.42 Å². The monoisotopic (exact) mass is 253 g/mol. The van der Waals surface area contributed by atoms with Crippen molar-refractivity contribution in [3.05, 3.63) is 53.3 Å². The van der Waals surface area contributed by atoms with Crippen LogP contribution in [0.15, 0.2) is 36.5 Å². The van der Waals surface area contributed by atoms with Gasteiger partial charge in [-0.3, -0.25) is 4.79 Å². The number of benzene rings is 1. The van der Waals surface area contributed by atoms with E-state index >= 15 is 0 Å². The van der Waals surface area contributed by atoms with Crippen molar-refractivity contribution in [1.29, 1.82) is 0 Å². The fourth-order valence-electron chi connectivity index (χ4n) is 2.79. The van der Waals surface area contributed by atoms with Gasteiger partial charge in [-0.1, -0.05) is 26.0 Å². The number of rotatable bonds is 2. The van der Waals surface area contributed by atoms with Gasteiger partial charge in [-0.25, -0.2) is 0 Å². The number of hydrogen-bond donors (Lipinski definition) is 0. The first-order valence-corrected chi connectivity index (χ1v) is 7.00. The summed E-state index contributed by atoms with van der Waals surface area (Å²) in [6.07, 6.45) is 4.70. The predicted molar refractivity (Wildman–Crippen MR) is 77.1 cm³/mol. The van der Waals surface area contributed by atoms with Gasteiger partial charge in [0.25, 0.3) is 0 Å². The fourth-order valence-corrected chi connectivity index (χ4v) is 2.79. The van der Waals surface area contributed by atoms with Crippen LogP contribution < -0.4 is 0 Å². The van der Waals surface area contributed by atoms with Crippen LogP contribution >= 0.6 is 0 Å². The van der Waals surface area contributed by atoms with Gasteiger partial charge in [0.15, 0.2) is 5.78 Å². The van der Waals surface area contributed by atoms with Gasteiger partial charge >= 0.3 is 0 Å². The normalized spacial score (nSPS) is 14.8. The third kappa shape index (κ3) is 2.12. The first-order chi connectivity index (χ1) is 9.16. The second-order valence-corrected chi connectivity index (χ2v) is 5.57. The highest BCUT2D eigenvalue weighted by Gasteiger charge is 2.20. The number of fused-ring (bicyclic) bond motifs is 1. The van der Waals surface area contributed by atoms with Crippen LogP contribution in [0, 0.1) is 0 Å². The van der Waals surface area contributed by atoms with Crippen molar-refractivity contribution in [1.82, 2.24) is 4.57 Å². The summed E-state index contributed by atoms with van der Waals surface area (Å²) in [6.45, 7) is 4.40. The summed E-state index contributed by atoms with van der Waals surface area (Å²) >= 11 is 0. The maximum absolute atomic E-state index is 11.9. The van der Waals surface area contributed by atoms with Crippen LogP contribution in [0.25, 0.3) is 5.69 Å². The Balaban J connectivity index is 2.01. The zero-order valence-electron chi connectivity index (χ0n) is 11.5. The van der Waals surface area contributed by atoms with E-state index < -0.39 is 0 Å². The van der Waals surface area contributed by atoms with Gasteiger partial charge in [0.1, 0.15) is 0 Å². The molecule has 0 atom stereocenters. The first-order valence-electron chi connectivity index (χ1n) is 7.00. The van der Waals surface area contributed by atoms with Gasteiger partial charge in [-0.05, 0) is 42.5 Å². The number of carbonyl (C=O) groups excluding carboxylic acids is 1. The van der Waals surface area contributed by atoms with Crippen LogP contribution in [-0.4, -0.2) is 10.4 Å². The van der Waals surface area contributed by atoms with Crippen molar-refractivity contribution in [3.8, 4) is 5.69 Å². The summed E-state index contributed by atoms with van der Waals surface area (Å²) < 4.78 is 2.16. The van der Waals surface area contributed by atoms with Crippen molar-refractivity contribution < 1.29 is 4.79 Å². The minimum atomic E-state index is 0.291. The molecule has 0 saturated carbocycles. The van der Waals surface area contributed by atoms with Crippen molar-refractivity contribution in [2.24, 2.45) is 0 Å². The molecule has 1 aliphatic carbocycles. The Morgan fingerprint density at radius 3 is 2.47 bits per heavy atom. The smallest absolute Gasteiger partial charge is 0.164 e. The van der Waals surface area contributed by atoms with E-state index in [0.29, 0.717) is 18.1 Å². The Kier molecular flexibility index (Phi) is 3.02. The largest absolute Gasteiger partial charge is 0.320 e. The predicted octanol–water partition coefficient (Wildman–Crippen LogP) is 4.12. The van der Waals surface area contributed by atoms with Crippen LogP contribution in [0.5, 0.6) is 0 Å². The van der Waals surface area contributed by atoms with E-state index in [1.54, 1.807) is 0 Å². The zero-order valence-corrected chi connectivity index (χ0v) is 11.5. The molecule has 1 aliphatic rings. The van der Waals surface area contributed by atoms with Crippen LogP contribution in [0.4, 0.5) is 0 Å². The molecule has 0 aliphatic heterocycles. The quantitative estimate of drug-likeness (QED) is 0.789. The van der Waals surface area contributed by atoms with Gasteiger partial charge in [0.05, 0.1) is 0 Å². The molecule has 19 heavy (non-hydrogen) atoms. The molecule has 2 nitrogen and oxygen atoms in total. The number of carbonyl (C=O) groups is 1. The van der Waals surface area contributed by atoms with Crippen LogP contribution in [0.2, 0.25) is 0 Å². The molecule has 0 fully saturated rings. The highest BCUT2D eigenvalue weighted by Crippen LogP contribution is 2.26. The molecule has 0 spiro atoms. The Labute approximate surface area is 114 Å². The summed E-state index contributed by atoms with van der Waals surface area (Å²) in [5.74, 6) is 0.841. The Hall–Kier alpha value is -1.83. The van der Waals surface area contributed by atoms with E-state index in [9.17, 15) is 4.79 Å². The summed E-state index contributed by atoms with van der Waals surface area (Å²) in [7, 11) is 0. The minimum Gasteiger partial charge on any atom is -0.320 e. The minimum absolute atomic E-state index is 0.291. The average molecular weight is 253 g/mol. The molecular weight excluding hydrogens is 234 g/mol. The van der Waals surface area contributed by atoms with E-state index in [4.69, 9.17) is 0 Å². The lowest BCUT2D eigenvalue weighted by Crippen LogP contribution is -2.12. The lowest BCUT2D eigenvalue weighted by Gasteiger charge is -2.15. The third-order valence-electron chi connectivity index (χ3n) is 3.95. The van der Waals surface area contributed by atoms with Crippen molar-refractivity contribution in [2.45, 2.75) is 39.0 Å². The molecular formula is C17H19NO. The molecule has 0 unspecified atom stereocenters. The summed E-state index contributed by atoms with van der Waals surface area (Å²) in [4.78, 5) is 11.9. The van der Waals surface area contributed by atoms with Gasteiger partial charge < -0.3 is 4.57 Å². The van der Waals surface area contributed by atoms with E-state index in [0.717, 1.165) is 24.1 Å². The topological polar surface area (TPSA) is 22.0 Å². The zero-order chi connectivity index (χ0) is 13.4. The van der Waals surface area contributed by atoms with Gasteiger partial charge in [-0.15, -0.1) is 0 Å². The van der Waals surface area contributed by atoms with Crippen LogP contribution in [0.3, 0.4) is 0 Å². The highest BCUT2D eigenvalue weighted by molar-refractivity contribution is 5.98. The first kappa shape index (κ1) is 12.2. The van der Waals surface area contributed by atoms with Crippen LogP contribution in [0.1, 0.15) is 54.2 Å². The molecule has 0 bridgehead atoms. The summed E-state index contributed by atoms with van der Waals surface area (Å²) in [6, 6.07) is 10.6. The molecule has 98 valence electrons.